The Hall–Kier alpha value is -2.62. The van der Waals surface area contributed by atoms with Crippen molar-refractivity contribution in [3.8, 4) is 6.07 Å². The fourth-order valence-electron chi connectivity index (χ4n) is 3.12. The lowest BCUT2D eigenvalue weighted by atomic mass is 9.79. The Morgan fingerprint density at radius 3 is 2.62 bits per heavy atom. The largest absolute Gasteiger partial charge is 0.351 e. The Bertz CT molecular complexity index is 651. The molecule has 0 radical (unpaired) electrons. The van der Waals surface area contributed by atoms with Gasteiger partial charge in [0.15, 0.2) is 0 Å². The SMILES string of the molecule is N#CCNC(=O)C(CNC(=O)c1ccc(=O)[nH]c1)C1CCCCC1. The maximum absolute atomic E-state index is 12.3. The number of aromatic nitrogens is 1. The van der Waals surface area contributed by atoms with Gasteiger partial charge in [0.05, 0.1) is 17.6 Å². The average Bonchev–Trinajstić information content (AvgIpc) is 2.61. The second kappa shape index (κ2) is 8.87. The molecule has 1 saturated carbocycles. The zero-order valence-electron chi connectivity index (χ0n) is 13.5. The number of hydrogen-bond donors (Lipinski definition) is 3. The molecule has 0 spiro atoms. The fourth-order valence-corrected chi connectivity index (χ4v) is 3.12. The number of rotatable bonds is 6. The van der Waals surface area contributed by atoms with Crippen molar-refractivity contribution in [1.82, 2.24) is 15.6 Å². The third-order valence-electron chi connectivity index (χ3n) is 4.43. The predicted octanol–water partition coefficient (Wildman–Crippen LogP) is 0.941. The van der Waals surface area contributed by atoms with Crippen molar-refractivity contribution >= 4 is 11.8 Å². The number of carbonyl (C=O) groups excluding carboxylic acids is 2. The van der Waals surface area contributed by atoms with E-state index < -0.39 is 0 Å². The van der Waals surface area contributed by atoms with E-state index in [0.717, 1.165) is 25.7 Å². The van der Waals surface area contributed by atoms with Gasteiger partial charge in [-0.3, -0.25) is 14.4 Å². The number of aromatic amines is 1. The summed E-state index contributed by atoms with van der Waals surface area (Å²) in [7, 11) is 0. The third kappa shape index (κ3) is 4.95. The lowest BCUT2D eigenvalue weighted by Crippen LogP contribution is -2.43. The topological polar surface area (TPSA) is 115 Å². The third-order valence-corrected chi connectivity index (χ3v) is 4.43. The van der Waals surface area contributed by atoms with Crippen LogP contribution in [-0.2, 0) is 4.79 Å². The van der Waals surface area contributed by atoms with Gasteiger partial charge in [0.25, 0.3) is 5.91 Å². The summed E-state index contributed by atoms with van der Waals surface area (Å²) in [5.41, 5.74) is 0.0666. The minimum atomic E-state index is -0.342. The van der Waals surface area contributed by atoms with Crippen LogP contribution in [-0.4, -0.2) is 29.9 Å². The first-order valence-electron chi connectivity index (χ1n) is 8.23. The summed E-state index contributed by atoms with van der Waals surface area (Å²) in [5, 5.41) is 14.0. The zero-order valence-corrected chi connectivity index (χ0v) is 13.5. The van der Waals surface area contributed by atoms with Gasteiger partial charge < -0.3 is 15.6 Å². The molecular formula is C17H22N4O3. The Morgan fingerprint density at radius 1 is 1.25 bits per heavy atom. The molecule has 1 aliphatic rings. The molecule has 7 nitrogen and oxygen atoms in total. The lowest BCUT2D eigenvalue weighted by Gasteiger charge is -2.29. The normalized spacial score (nSPS) is 16.0. The van der Waals surface area contributed by atoms with Crippen molar-refractivity contribution in [2.75, 3.05) is 13.1 Å². The van der Waals surface area contributed by atoms with Gasteiger partial charge in [-0.15, -0.1) is 0 Å². The molecule has 7 heteroatoms. The number of nitrogens with one attached hydrogen (secondary N) is 3. The van der Waals surface area contributed by atoms with Crippen molar-refractivity contribution in [1.29, 1.82) is 5.26 Å². The number of nitrogens with zero attached hydrogens (tertiary/aromatic N) is 1. The van der Waals surface area contributed by atoms with Crippen LogP contribution in [0.2, 0.25) is 0 Å². The van der Waals surface area contributed by atoms with Gasteiger partial charge in [0, 0.05) is 18.8 Å². The zero-order chi connectivity index (χ0) is 17.4. The Balaban J connectivity index is 1.99. The average molecular weight is 330 g/mol. The Kier molecular flexibility index (Phi) is 6.55. The van der Waals surface area contributed by atoms with Gasteiger partial charge in [0.2, 0.25) is 11.5 Å². The van der Waals surface area contributed by atoms with Gasteiger partial charge in [-0.25, -0.2) is 0 Å². The molecule has 0 bridgehead atoms. The smallest absolute Gasteiger partial charge is 0.252 e. The number of carbonyl (C=O) groups is 2. The highest BCUT2D eigenvalue weighted by Gasteiger charge is 2.29. The van der Waals surface area contributed by atoms with E-state index in [9.17, 15) is 14.4 Å². The molecule has 1 aliphatic carbocycles. The molecule has 2 rings (SSSR count). The van der Waals surface area contributed by atoms with E-state index in [4.69, 9.17) is 5.26 Å². The molecule has 24 heavy (non-hydrogen) atoms. The minimum absolute atomic E-state index is 0.0318. The second-order valence-corrected chi connectivity index (χ2v) is 6.03. The summed E-state index contributed by atoms with van der Waals surface area (Å²) in [4.78, 5) is 38.0. The van der Waals surface area contributed by atoms with Gasteiger partial charge in [0.1, 0.15) is 6.54 Å². The molecule has 2 amide bonds. The van der Waals surface area contributed by atoms with E-state index in [-0.39, 0.29) is 42.3 Å². The van der Waals surface area contributed by atoms with Crippen LogP contribution in [0.3, 0.4) is 0 Å². The maximum Gasteiger partial charge on any atom is 0.252 e. The Labute approximate surface area is 140 Å². The summed E-state index contributed by atoms with van der Waals surface area (Å²) in [6.45, 7) is 0.190. The number of pyridine rings is 1. The van der Waals surface area contributed by atoms with E-state index in [0.29, 0.717) is 5.56 Å². The standard InChI is InChI=1S/C17H22N4O3/c18-8-9-19-17(24)14(12-4-2-1-3-5-12)11-21-16(23)13-6-7-15(22)20-10-13/h6-7,10,12,14H,1-5,9,11H2,(H,19,24)(H,20,22)(H,21,23). The number of amides is 2. The summed E-state index contributed by atoms with van der Waals surface area (Å²) < 4.78 is 0. The van der Waals surface area contributed by atoms with Crippen molar-refractivity contribution < 1.29 is 9.59 Å². The number of H-pyrrole nitrogens is 1. The highest BCUT2D eigenvalue weighted by Crippen LogP contribution is 2.30. The first kappa shape index (κ1) is 17.7. The fraction of sp³-hybridized carbons (Fsp3) is 0.529. The molecule has 0 aliphatic heterocycles. The highest BCUT2D eigenvalue weighted by molar-refractivity contribution is 5.94. The van der Waals surface area contributed by atoms with E-state index in [1.807, 2.05) is 6.07 Å². The first-order valence-corrected chi connectivity index (χ1v) is 8.23. The first-order chi connectivity index (χ1) is 11.6. The Morgan fingerprint density at radius 2 is 2.00 bits per heavy atom. The van der Waals surface area contributed by atoms with Crippen LogP contribution in [0.25, 0.3) is 0 Å². The van der Waals surface area contributed by atoms with Crippen molar-refractivity contribution in [2.45, 2.75) is 32.1 Å². The van der Waals surface area contributed by atoms with Crippen LogP contribution in [0.15, 0.2) is 23.1 Å². The molecule has 1 unspecified atom stereocenters. The summed E-state index contributed by atoms with van der Waals surface area (Å²) in [6, 6.07) is 4.63. The maximum atomic E-state index is 12.3. The molecule has 1 fully saturated rings. The van der Waals surface area contributed by atoms with Crippen LogP contribution in [0.1, 0.15) is 42.5 Å². The highest BCUT2D eigenvalue weighted by atomic mass is 16.2. The molecular weight excluding hydrogens is 308 g/mol. The van der Waals surface area contributed by atoms with Crippen LogP contribution < -0.4 is 16.2 Å². The summed E-state index contributed by atoms with van der Waals surface area (Å²) >= 11 is 0. The number of hydrogen-bond acceptors (Lipinski definition) is 4. The molecule has 1 aromatic rings. The van der Waals surface area contributed by atoms with Crippen LogP contribution in [0, 0.1) is 23.2 Å². The summed E-state index contributed by atoms with van der Waals surface area (Å²) in [6.07, 6.45) is 6.61. The van der Waals surface area contributed by atoms with Gasteiger partial charge >= 0.3 is 0 Å². The molecule has 0 aromatic carbocycles. The lowest BCUT2D eigenvalue weighted by molar-refractivity contribution is -0.126. The summed E-state index contributed by atoms with van der Waals surface area (Å²) in [5.74, 6) is -0.649. The minimum Gasteiger partial charge on any atom is -0.351 e. The monoisotopic (exact) mass is 330 g/mol. The van der Waals surface area contributed by atoms with Crippen molar-refractivity contribution in [3.05, 3.63) is 34.2 Å². The van der Waals surface area contributed by atoms with Crippen LogP contribution in [0.5, 0.6) is 0 Å². The predicted molar refractivity (Wildman–Crippen MR) is 88.1 cm³/mol. The van der Waals surface area contributed by atoms with E-state index in [2.05, 4.69) is 15.6 Å². The van der Waals surface area contributed by atoms with E-state index in [1.165, 1.54) is 24.8 Å². The molecule has 1 atom stereocenters. The van der Waals surface area contributed by atoms with Crippen LogP contribution >= 0.6 is 0 Å². The van der Waals surface area contributed by atoms with Gasteiger partial charge in [-0.1, -0.05) is 19.3 Å². The molecule has 1 heterocycles. The second-order valence-electron chi connectivity index (χ2n) is 6.03. The van der Waals surface area contributed by atoms with E-state index >= 15 is 0 Å². The van der Waals surface area contributed by atoms with Gasteiger partial charge in [-0.2, -0.15) is 5.26 Å². The number of nitriles is 1. The molecule has 3 N–H and O–H groups in total. The van der Waals surface area contributed by atoms with Gasteiger partial charge in [-0.05, 0) is 24.8 Å². The van der Waals surface area contributed by atoms with Crippen molar-refractivity contribution in [2.24, 2.45) is 11.8 Å². The van der Waals surface area contributed by atoms with E-state index in [1.54, 1.807) is 0 Å². The molecule has 0 saturated heterocycles. The molecule has 1 aromatic heterocycles. The van der Waals surface area contributed by atoms with Crippen LogP contribution in [0.4, 0.5) is 0 Å². The quantitative estimate of drug-likeness (QED) is 0.673. The van der Waals surface area contributed by atoms with Crippen molar-refractivity contribution in [3.63, 3.8) is 0 Å². The molecule has 128 valence electrons.